The van der Waals surface area contributed by atoms with E-state index in [0.29, 0.717) is 0 Å². The number of nitrogens with one attached hydrogen (secondary N) is 1. The van der Waals surface area contributed by atoms with Gasteiger partial charge in [0.05, 0.1) is 12.7 Å². The lowest BCUT2D eigenvalue weighted by atomic mass is 9.84. The van der Waals surface area contributed by atoms with Gasteiger partial charge in [-0.15, -0.1) is 0 Å². The summed E-state index contributed by atoms with van der Waals surface area (Å²) >= 11 is 0. The van der Waals surface area contributed by atoms with Crippen molar-refractivity contribution in [3.8, 4) is 11.1 Å². The predicted molar refractivity (Wildman–Crippen MR) is 107 cm³/mol. The fourth-order valence-corrected chi connectivity index (χ4v) is 3.88. The lowest BCUT2D eigenvalue weighted by Crippen LogP contribution is -2.42. The molecule has 1 N–H and O–H groups in total. The van der Waals surface area contributed by atoms with Crippen LogP contribution in [0.3, 0.4) is 0 Å². The molecule has 0 amide bonds. The number of hydrogen-bond acceptors (Lipinski definition) is 2. The highest BCUT2D eigenvalue weighted by atomic mass is 19.1. The van der Waals surface area contributed by atoms with Gasteiger partial charge in [-0.3, -0.25) is 0 Å². The van der Waals surface area contributed by atoms with Crippen LogP contribution in [0.4, 0.5) is 4.39 Å². The molecule has 1 aliphatic heterocycles. The zero-order valence-electron chi connectivity index (χ0n) is 15.3. The average molecular weight is 361 g/mol. The minimum Gasteiger partial charge on any atom is -0.375 e. The number of benzene rings is 3. The van der Waals surface area contributed by atoms with E-state index in [9.17, 15) is 4.39 Å². The van der Waals surface area contributed by atoms with Crippen molar-refractivity contribution in [2.24, 2.45) is 0 Å². The van der Waals surface area contributed by atoms with Crippen molar-refractivity contribution in [3.63, 3.8) is 0 Å². The Hall–Kier alpha value is -2.49. The summed E-state index contributed by atoms with van der Waals surface area (Å²) in [5, 5.41) is 3.45. The Balaban J connectivity index is 1.69. The van der Waals surface area contributed by atoms with Gasteiger partial charge < -0.3 is 10.1 Å². The summed E-state index contributed by atoms with van der Waals surface area (Å²) in [5.74, 6) is 0.0374. The summed E-state index contributed by atoms with van der Waals surface area (Å²) in [6.07, 6.45) is 0.977. The molecule has 27 heavy (non-hydrogen) atoms. The summed E-state index contributed by atoms with van der Waals surface area (Å²) in [7, 11) is 0. The highest BCUT2D eigenvalue weighted by molar-refractivity contribution is 5.67. The second kappa shape index (κ2) is 8.47. The normalized spacial score (nSPS) is 18.2. The summed E-state index contributed by atoms with van der Waals surface area (Å²) in [6, 6.07) is 25.7. The smallest absolute Gasteiger partial charge is 0.123 e. The van der Waals surface area contributed by atoms with Crippen molar-refractivity contribution in [2.45, 2.75) is 18.4 Å². The molecule has 0 aromatic heterocycles. The van der Waals surface area contributed by atoms with Gasteiger partial charge in [0.2, 0.25) is 0 Å². The maximum Gasteiger partial charge on any atom is 0.123 e. The number of hydrogen-bond donors (Lipinski definition) is 1. The van der Waals surface area contributed by atoms with Gasteiger partial charge in [-0.25, -0.2) is 4.39 Å². The molecule has 2 nitrogen and oxygen atoms in total. The average Bonchev–Trinajstić information content (AvgIpc) is 2.73. The van der Waals surface area contributed by atoms with Gasteiger partial charge in [0.25, 0.3) is 0 Å². The number of rotatable bonds is 5. The van der Waals surface area contributed by atoms with E-state index in [4.69, 9.17) is 4.74 Å². The lowest BCUT2D eigenvalue weighted by molar-refractivity contribution is 0.0110. The first-order valence-corrected chi connectivity index (χ1v) is 9.52. The van der Waals surface area contributed by atoms with Crippen molar-refractivity contribution in [2.75, 3.05) is 19.7 Å². The van der Waals surface area contributed by atoms with Gasteiger partial charge in [0.15, 0.2) is 0 Å². The molecule has 3 heteroatoms. The van der Waals surface area contributed by atoms with Crippen LogP contribution < -0.4 is 5.32 Å². The third kappa shape index (κ3) is 4.26. The molecule has 0 aliphatic carbocycles. The summed E-state index contributed by atoms with van der Waals surface area (Å²) in [4.78, 5) is 0. The molecule has 3 aromatic rings. The predicted octanol–water partition coefficient (Wildman–Crippen LogP) is 4.81. The van der Waals surface area contributed by atoms with E-state index >= 15 is 0 Å². The maximum absolute atomic E-state index is 13.8. The molecule has 1 aliphatic rings. The fourth-order valence-electron chi connectivity index (χ4n) is 3.88. The Morgan fingerprint density at radius 1 is 0.963 bits per heavy atom. The first kappa shape index (κ1) is 17.9. The molecule has 3 aromatic carbocycles. The molecular formula is C24H24FNO. The SMILES string of the molecule is Fc1cccc(-c2ccccc2C[C@H](c2ccccc2)[C@H]2CNCCO2)c1. The van der Waals surface area contributed by atoms with Crippen LogP contribution in [0.2, 0.25) is 0 Å². The van der Waals surface area contributed by atoms with Crippen LogP contribution in [-0.2, 0) is 11.2 Å². The molecule has 0 unspecified atom stereocenters. The Bertz CT molecular complexity index is 874. The van der Waals surface area contributed by atoms with E-state index in [0.717, 1.165) is 37.2 Å². The van der Waals surface area contributed by atoms with Crippen LogP contribution in [0.1, 0.15) is 17.0 Å². The number of halogens is 1. The standard InChI is InChI=1S/C24H24FNO/c25-21-11-6-10-19(15-21)22-12-5-4-9-20(22)16-23(18-7-2-1-3-8-18)24-17-26-13-14-27-24/h1-12,15,23-24,26H,13-14,16-17H2/t23-,24-/m1/s1. The Labute approximate surface area is 160 Å². The van der Waals surface area contributed by atoms with Crippen LogP contribution in [0.15, 0.2) is 78.9 Å². The minimum absolute atomic E-state index is 0.127. The first-order chi connectivity index (χ1) is 13.3. The van der Waals surface area contributed by atoms with Gasteiger partial charge in [0, 0.05) is 19.0 Å². The highest BCUT2D eigenvalue weighted by Gasteiger charge is 2.27. The van der Waals surface area contributed by atoms with E-state index in [-0.39, 0.29) is 17.8 Å². The quantitative estimate of drug-likeness (QED) is 0.704. The van der Waals surface area contributed by atoms with E-state index < -0.39 is 0 Å². The van der Waals surface area contributed by atoms with Gasteiger partial charge in [-0.2, -0.15) is 0 Å². The van der Waals surface area contributed by atoms with Gasteiger partial charge in [-0.05, 0) is 40.8 Å². The van der Waals surface area contributed by atoms with Crippen molar-refractivity contribution >= 4 is 0 Å². The molecule has 1 saturated heterocycles. The van der Waals surface area contributed by atoms with E-state index in [2.05, 4.69) is 47.8 Å². The second-order valence-corrected chi connectivity index (χ2v) is 7.00. The summed E-state index contributed by atoms with van der Waals surface area (Å²) in [6.45, 7) is 2.49. The Morgan fingerprint density at radius 3 is 2.56 bits per heavy atom. The first-order valence-electron chi connectivity index (χ1n) is 9.52. The number of ether oxygens (including phenoxy) is 1. The van der Waals surface area contributed by atoms with E-state index in [1.807, 2.05) is 18.2 Å². The third-order valence-corrected chi connectivity index (χ3v) is 5.23. The summed E-state index contributed by atoms with van der Waals surface area (Å²) in [5.41, 5.74) is 4.49. The second-order valence-electron chi connectivity index (χ2n) is 7.00. The van der Waals surface area contributed by atoms with Gasteiger partial charge in [-0.1, -0.05) is 66.7 Å². The Morgan fingerprint density at radius 2 is 1.78 bits per heavy atom. The molecule has 0 spiro atoms. The lowest BCUT2D eigenvalue weighted by Gasteiger charge is -2.32. The maximum atomic E-state index is 13.8. The fraction of sp³-hybridized carbons (Fsp3) is 0.250. The van der Waals surface area contributed by atoms with Crippen LogP contribution in [-0.4, -0.2) is 25.8 Å². The van der Waals surface area contributed by atoms with Gasteiger partial charge >= 0.3 is 0 Å². The van der Waals surface area contributed by atoms with Crippen molar-refractivity contribution in [1.29, 1.82) is 0 Å². The van der Waals surface area contributed by atoms with Crippen LogP contribution in [0.5, 0.6) is 0 Å². The Kier molecular flexibility index (Phi) is 5.61. The monoisotopic (exact) mass is 361 g/mol. The largest absolute Gasteiger partial charge is 0.375 e. The van der Waals surface area contributed by atoms with Crippen LogP contribution >= 0.6 is 0 Å². The van der Waals surface area contributed by atoms with Crippen molar-refractivity contribution < 1.29 is 9.13 Å². The van der Waals surface area contributed by atoms with E-state index in [1.54, 1.807) is 12.1 Å². The molecule has 2 atom stereocenters. The molecule has 0 bridgehead atoms. The van der Waals surface area contributed by atoms with Crippen LogP contribution in [0.25, 0.3) is 11.1 Å². The molecule has 4 rings (SSSR count). The minimum atomic E-state index is -0.207. The molecule has 1 fully saturated rings. The molecule has 0 radical (unpaired) electrons. The van der Waals surface area contributed by atoms with Crippen molar-refractivity contribution in [1.82, 2.24) is 5.32 Å². The molecule has 0 saturated carbocycles. The summed E-state index contributed by atoms with van der Waals surface area (Å²) < 4.78 is 19.9. The highest BCUT2D eigenvalue weighted by Crippen LogP contribution is 2.32. The molecule has 138 valence electrons. The van der Waals surface area contributed by atoms with Gasteiger partial charge in [0.1, 0.15) is 5.82 Å². The van der Waals surface area contributed by atoms with Crippen LogP contribution in [0, 0.1) is 5.82 Å². The number of morpholine rings is 1. The van der Waals surface area contributed by atoms with Crippen molar-refractivity contribution in [3.05, 3.63) is 95.8 Å². The van der Waals surface area contributed by atoms with E-state index in [1.165, 1.54) is 17.2 Å². The molecule has 1 heterocycles. The third-order valence-electron chi connectivity index (χ3n) is 5.23. The zero-order chi connectivity index (χ0) is 18.5. The zero-order valence-corrected chi connectivity index (χ0v) is 15.3. The topological polar surface area (TPSA) is 21.3 Å². The molecular weight excluding hydrogens is 337 g/mol.